The van der Waals surface area contributed by atoms with Crippen molar-refractivity contribution in [1.29, 1.82) is 5.26 Å². The topological polar surface area (TPSA) is 23.8 Å². The molecule has 2 aromatic carbocycles. The second-order valence-corrected chi connectivity index (χ2v) is 12.5. The number of rotatable bonds is 7. The molecular weight excluding hydrogens is 479 g/mol. The fraction of sp³-hybridized carbons (Fsp3) is 0.618. The van der Waals surface area contributed by atoms with Crippen molar-refractivity contribution in [2.24, 2.45) is 17.8 Å². The van der Waals surface area contributed by atoms with Crippen molar-refractivity contribution in [1.82, 2.24) is 0 Å². The van der Waals surface area contributed by atoms with Gasteiger partial charge < -0.3 is 0 Å². The first kappa shape index (κ1) is 27.3. The van der Waals surface area contributed by atoms with E-state index in [9.17, 15) is 0 Å². The number of nitrogens with zero attached hydrogens (tertiary/aromatic N) is 1. The van der Waals surface area contributed by atoms with E-state index in [-0.39, 0.29) is 11.5 Å². The van der Waals surface area contributed by atoms with Crippen LogP contribution in [0.5, 0.6) is 0 Å². The molecule has 0 bridgehead atoms. The molecule has 0 aliphatic heterocycles. The van der Waals surface area contributed by atoms with Crippen molar-refractivity contribution in [3.8, 4) is 6.07 Å². The van der Waals surface area contributed by atoms with E-state index in [1.807, 2.05) is 24.3 Å². The zero-order chi connectivity index (χ0) is 26.6. The Morgan fingerprint density at radius 2 is 1.29 bits per heavy atom. The van der Waals surface area contributed by atoms with E-state index in [4.69, 9.17) is 5.26 Å². The highest BCUT2D eigenvalue weighted by Gasteiger charge is 2.35. The number of hydrogen-bond donors (Lipinski definition) is 0. The Morgan fingerprint density at radius 1 is 0.684 bits per heavy atom. The molecule has 0 spiro atoms. The number of halogens is 3. The van der Waals surface area contributed by atoms with E-state index in [0.29, 0.717) is 54.2 Å². The van der Waals surface area contributed by atoms with E-state index in [0.717, 1.165) is 37.5 Å². The van der Waals surface area contributed by atoms with E-state index >= 15 is 13.2 Å². The summed E-state index contributed by atoms with van der Waals surface area (Å²) in [5.74, 6) is -0.137. The molecule has 0 N–H and O–H groups in total. The first-order valence-corrected chi connectivity index (χ1v) is 15.2. The average Bonchev–Trinajstić information content (AvgIpc) is 2.96. The van der Waals surface area contributed by atoms with Gasteiger partial charge in [-0.25, -0.2) is 13.2 Å². The summed E-state index contributed by atoms with van der Waals surface area (Å²) in [6.45, 7) is 2.27. The summed E-state index contributed by atoms with van der Waals surface area (Å²) in [6.07, 6.45) is 15.0. The molecule has 0 amide bonds. The molecule has 0 saturated heterocycles. The third-order valence-corrected chi connectivity index (χ3v) is 10.1. The van der Waals surface area contributed by atoms with Crippen molar-refractivity contribution in [2.45, 2.75) is 115 Å². The van der Waals surface area contributed by atoms with Gasteiger partial charge in [0.15, 0.2) is 11.6 Å². The smallest absolute Gasteiger partial charge is 0.165 e. The number of benzene rings is 2. The Bertz CT molecular complexity index is 1130. The van der Waals surface area contributed by atoms with Crippen LogP contribution in [0.1, 0.15) is 130 Å². The molecule has 4 heteroatoms. The molecule has 0 heterocycles. The Hall–Kier alpha value is -2.28. The lowest BCUT2D eigenvalue weighted by Crippen LogP contribution is -2.23. The number of fused-ring (bicyclic) bond motifs is 1. The third kappa shape index (κ3) is 5.83. The highest BCUT2D eigenvalue weighted by Crippen LogP contribution is 2.45. The van der Waals surface area contributed by atoms with Crippen LogP contribution in [0.2, 0.25) is 0 Å². The highest BCUT2D eigenvalue weighted by atomic mass is 19.2. The zero-order valence-corrected chi connectivity index (χ0v) is 22.9. The van der Waals surface area contributed by atoms with E-state index in [1.165, 1.54) is 50.5 Å². The largest absolute Gasteiger partial charge is 0.206 e. The summed E-state index contributed by atoms with van der Waals surface area (Å²) in [4.78, 5) is 0. The minimum atomic E-state index is -0.932. The molecular formula is C34H42F3N. The maximum absolute atomic E-state index is 15.7. The maximum Gasteiger partial charge on any atom is 0.165 e. The van der Waals surface area contributed by atoms with Crippen LogP contribution in [-0.4, -0.2) is 0 Å². The van der Waals surface area contributed by atoms with E-state index in [1.54, 1.807) is 0 Å². The van der Waals surface area contributed by atoms with Gasteiger partial charge in [-0.2, -0.15) is 5.26 Å². The summed E-state index contributed by atoms with van der Waals surface area (Å²) < 4.78 is 46.6. The molecule has 0 radical (unpaired) electrons. The van der Waals surface area contributed by atoms with Crippen LogP contribution in [0.15, 0.2) is 24.3 Å². The summed E-state index contributed by atoms with van der Waals surface area (Å²) in [5.41, 5.74) is 2.57. The predicted molar refractivity (Wildman–Crippen MR) is 147 cm³/mol. The van der Waals surface area contributed by atoms with Crippen LogP contribution in [0.3, 0.4) is 0 Å². The zero-order valence-electron chi connectivity index (χ0n) is 22.9. The standard InChI is InChI=1S/C34H42F3N/c1-2-3-22-4-6-23(7-5-22)8-9-24-12-19-29-30(20-24)33(36)34(37)31(32(29)35)28-17-15-27(16-18-28)26-13-10-25(21-38)11-14-26/h10-11,13-14,22-24,27-28H,2-9,12,15-20H2,1H3. The van der Waals surface area contributed by atoms with Gasteiger partial charge in [0.25, 0.3) is 0 Å². The molecule has 2 aromatic rings. The lowest BCUT2D eigenvalue weighted by atomic mass is 9.73. The molecule has 1 nitrogen and oxygen atoms in total. The lowest BCUT2D eigenvalue weighted by Gasteiger charge is -2.33. The fourth-order valence-corrected chi connectivity index (χ4v) is 7.83. The first-order chi connectivity index (χ1) is 18.5. The van der Waals surface area contributed by atoms with Crippen molar-refractivity contribution in [3.05, 3.63) is 69.5 Å². The van der Waals surface area contributed by atoms with Gasteiger partial charge >= 0.3 is 0 Å². The van der Waals surface area contributed by atoms with Gasteiger partial charge in [0, 0.05) is 5.56 Å². The van der Waals surface area contributed by atoms with E-state index < -0.39 is 17.5 Å². The maximum atomic E-state index is 15.7. The molecule has 3 aliphatic rings. The summed E-state index contributed by atoms with van der Waals surface area (Å²) in [7, 11) is 0. The van der Waals surface area contributed by atoms with Crippen LogP contribution in [0.4, 0.5) is 13.2 Å². The number of nitriles is 1. The molecule has 1 atom stereocenters. The van der Waals surface area contributed by atoms with Gasteiger partial charge in [0.1, 0.15) is 5.82 Å². The van der Waals surface area contributed by atoms with Crippen LogP contribution < -0.4 is 0 Å². The highest BCUT2D eigenvalue weighted by molar-refractivity contribution is 5.41. The molecule has 2 saturated carbocycles. The molecule has 1 unspecified atom stereocenters. The normalized spacial score (nSPS) is 27.5. The molecule has 5 rings (SSSR count). The van der Waals surface area contributed by atoms with E-state index in [2.05, 4.69) is 13.0 Å². The van der Waals surface area contributed by atoms with Gasteiger partial charge in [-0.3, -0.25) is 0 Å². The van der Waals surface area contributed by atoms with Crippen molar-refractivity contribution in [3.63, 3.8) is 0 Å². The Labute approximate surface area is 226 Å². The van der Waals surface area contributed by atoms with Gasteiger partial charge in [0.2, 0.25) is 0 Å². The average molecular weight is 522 g/mol. The van der Waals surface area contributed by atoms with Crippen LogP contribution in [0.25, 0.3) is 0 Å². The molecule has 2 fully saturated rings. The summed E-state index contributed by atoms with van der Waals surface area (Å²) in [5, 5.41) is 9.02. The van der Waals surface area contributed by atoms with Gasteiger partial charge in [0.05, 0.1) is 11.6 Å². The van der Waals surface area contributed by atoms with Crippen LogP contribution in [-0.2, 0) is 12.8 Å². The van der Waals surface area contributed by atoms with Crippen LogP contribution in [0, 0.1) is 46.5 Å². The molecule has 0 aromatic heterocycles. The summed E-state index contributed by atoms with van der Waals surface area (Å²) in [6, 6.07) is 9.75. The second kappa shape index (κ2) is 12.3. The Balaban J connectivity index is 1.21. The first-order valence-electron chi connectivity index (χ1n) is 15.2. The van der Waals surface area contributed by atoms with Gasteiger partial charge in [-0.1, -0.05) is 64.0 Å². The molecule has 204 valence electrons. The molecule has 38 heavy (non-hydrogen) atoms. The van der Waals surface area contributed by atoms with Crippen LogP contribution >= 0.6 is 0 Å². The molecule has 3 aliphatic carbocycles. The summed E-state index contributed by atoms with van der Waals surface area (Å²) >= 11 is 0. The van der Waals surface area contributed by atoms with Crippen molar-refractivity contribution < 1.29 is 13.2 Å². The quantitative estimate of drug-likeness (QED) is 0.333. The fourth-order valence-electron chi connectivity index (χ4n) is 7.83. The van der Waals surface area contributed by atoms with Crippen molar-refractivity contribution in [2.75, 3.05) is 0 Å². The Morgan fingerprint density at radius 3 is 1.92 bits per heavy atom. The van der Waals surface area contributed by atoms with Gasteiger partial charge in [-0.05, 0) is 110 Å². The monoisotopic (exact) mass is 521 g/mol. The minimum Gasteiger partial charge on any atom is -0.206 e. The third-order valence-electron chi connectivity index (χ3n) is 10.1. The predicted octanol–water partition coefficient (Wildman–Crippen LogP) is 9.91. The second-order valence-electron chi connectivity index (χ2n) is 12.5. The Kier molecular flexibility index (Phi) is 8.81. The SMILES string of the molecule is CCCC1CCC(CCC2CCc3c(F)c(C4CCC(c5ccc(C#N)cc5)CC4)c(F)c(F)c3C2)CC1. The van der Waals surface area contributed by atoms with Gasteiger partial charge in [-0.15, -0.1) is 0 Å². The van der Waals surface area contributed by atoms with Crippen molar-refractivity contribution >= 4 is 0 Å². The minimum absolute atomic E-state index is 0.00168. The lowest BCUT2D eigenvalue weighted by molar-refractivity contribution is 0.235. The number of hydrogen-bond acceptors (Lipinski definition) is 1.